The van der Waals surface area contributed by atoms with Crippen molar-refractivity contribution in [3.63, 3.8) is 0 Å². The largest absolute Gasteiger partial charge is 0.479 e. The van der Waals surface area contributed by atoms with Gasteiger partial charge >= 0.3 is 5.97 Å². The number of nitrogens with zero attached hydrogens (tertiary/aromatic N) is 1. The minimum absolute atomic E-state index is 0.225. The van der Waals surface area contributed by atoms with Gasteiger partial charge in [-0.2, -0.15) is 0 Å². The quantitative estimate of drug-likeness (QED) is 0.648. The van der Waals surface area contributed by atoms with Gasteiger partial charge in [0.1, 0.15) is 6.04 Å². The van der Waals surface area contributed by atoms with Crippen molar-refractivity contribution in [2.45, 2.75) is 32.4 Å². The summed E-state index contributed by atoms with van der Waals surface area (Å²) in [5.74, 6) is -3.39. The van der Waals surface area contributed by atoms with Crippen molar-refractivity contribution in [1.82, 2.24) is 10.2 Å². The number of nitrogens with one attached hydrogen (secondary N) is 1. The third kappa shape index (κ3) is 3.00. The highest BCUT2D eigenvalue weighted by atomic mass is 16.4. The number of hydrogen-bond donors (Lipinski definition) is 3. The molecule has 1 heterocycles. The van der Waals surface area contributed by atoms with Crippen LogP contribution in [0.5, 0.6) is 0 Å². The highest BCUT2D eigenvalue weighted by Gasteiger charge is 2.41. The van der Waals surface area contributed by atoms with E-state index in [-0.39, 0.29) is 11.1 Å². The van der Waals surface area contributed by atoms with Gasteiger partial charge in [-0.1, -0.05) is 11.6 Å². The predicted molar refractivity (Wildman–Crippen MR) is 82.4 cm³/mol. The standard InChI is InChI=1S/C16H18N2O6/c1-8-4-5-10-11(6-8)14(21)18(13(10)20)9(2)12(19)17-7-16(3,24)15(22)23/h4-6,9,24H,7H2,1-3H3,(H,17,19)(H,22,23). The predicted octanol–water partition coefficient (Wildman–Crippen LogP) is -0.0687. The molecule has 2 unspecified atom stereocenters. The Balaban J connectivity index is 2.15. The molecule has 8 heteroatoms. The van der Waals surface area contributed by atoms with Crippen LogP contribution in [-0.4, -0.2) is 57.0 Å². The Morgan fingerprint density at radius 3 is 2.42 bits per heavy atom. The first-order valence-electron chi connectivity index (χ1n) is 7.28. The van der Waals surface area contributed by atoms with Crippen LogP contribution in [0.4, 0.5) is 0 Å². The number of carboxylic acids is 1. The number of imide groups is 1. The number of hydrogen-bond acceptors (Lipinski definition) is 5. The fourth-order valence-corrected chi connectivity index (χ4v) is 2.32. The van der Waals surface area contributed by atoms with Crippen LogP contribution < -0.4 is 5.32 Å². The van der Waals surface area contributed by atoms with E-state index in [9.17, 15) is 24.3 Å². The van der Waals surface area contributed by atoms with Crippen LogP contribution in [0.3, 0.4) is 0 Å². The van der Waals surface area contributed by atoms with E-state index in [4.69, 9.17) is 5.11 Å². The molecule has 0 saturated heterocycles. The van der Waals surface area contributed by atoms with Crippen LogP contribution in [0.15, 0.2) is 18.2 Å². The molecule has 8 nitrogen and oxygen atoms in total. The lowest BCUT2D eigenvalue weighted by molar-refractivity contribution is -0.156. The third-order valence-electron chi connectivity index (χ3n) is 3.91. The van der Waals surface area contributed by atoms with Crippen LogP contribution in [0.25, 0.3) is 0 Å². The van der Waals surface area contributed by atoms with Crippen molar-refractivity contribution in [1.29, 1.82) is 0 Å². The first-order chi connectivity index (χ1) is 11.1. The number of rotatable bonds is 5. The van der Waals surface area contributed by atoms with E-state index in [2.05, 4.69) is 5.32 Å². The van der Waals surface area contributed by atoms with Gasteiger partial charge in [0.15, 0.2) is 5.60 Å². The van der Waals surface area contributed by atoms with Crippen molar-refractivity contribution < 1.29 is 29.4 Å². The molecule has 1 aliphatic rings. The zero-order valence-electron chi connectivity index (χ0n) is 13.5. The zero-order chi connectivity index (χ0) is 18.2. The Kier molecular flexibility index (Phi) is 4.44. The average Bonchev–Trinajstić information content (AvgIpc) is 2.75. The summed E-state index contributed by atoms with van der Waals surface area (Å²) in [4.78, 5) is 48.6. The van der Waals surface area contributed by atoms with Gasteiger partial charge < -0.3 is 15.5 Å². The van der Waals surface area contributed by atoms with Crippen molar-refractivity contribution in [2.75, 3.05) is 6.54 Å². The maximum absolute atomic E-state index is 12.4. The highest BCUT2D eigenvalue weighted by molar-refractivity contribution is 6.22. The third-order valence-corrected chi connectivity index (χ3v) is 3.91. The second-order valence-corrected chi connectivity index (χ2v) is 6.00. The molecule has 2 atom stereocenters. The molecule has 1 aromatic carbocycles. The molecule has 0 aromatic heterocycles. The first-order valence-corrected chi connectivity index (χ1v) is 7.28. The second kappa shape index (κ2) is 6.04. The number of benzene rings is 1. The molecule has 0 aliphatic carbocycles. The molecule has 24 heavy (non-hydrogen) atoms. The molecule has 0 radical (unpaired) electrons. The molecular weight excluding hydrogens is 316 g/mol. The highest BCUT2D eigenvalue weighted by Crippen LogP contribution is 2.25. The fraction of sp³-hybridized carbons (Fsp3) is 0.375. The van der Waals surface area contributed by atoms with E-state index in [0.29, 0.717) is 0 Å². The SMILES string of the molecule is Cc1ccc2c(c1)C(=O)N(C(C)C(=O)NCC(C)(O)C(=O)O)C2=O. The van der Waals surface area contributed by atoms with Gasteiger partial charge in [-0.25, -0.2) is 4.79 Å². The lowest BCUT2D eigenvalue weighted by atomic mass is 10.1. The minimum Gasteiger partial charge on any atom is -0.479 e. The van der Waals surface area contributed by atoms with Crippen LogP contribution in [0.2, 0.25) is 0 Å². The van der Waals surface area contributed by atoms with Crippen LogP contribution in [0, 0.1) is 6.92 Å². The lowest BCUT2D eigenvalue weighted by Crippen LogP contribution is -2.52. The average molecular weight is 334 g/mol. The Morgan fingerprint density at radius 2 is 1.83 bits per heavy atom. The summed E-state index contributed by atoms with van der Waals surface area (Å²) in [5.41, 5.74) is -0.875. The van der Waals surface area contributed by atoms with Gasteiger partial charge in [0.25, 0.3) is 11.8 Å². The molecular formula is C16H18N2O6. The number of amides is 3. The van der Waals surface area contributed by atoms with Crippen molar-refractivity contribution in [3.05, 3.63) is 34.9 Å². The maximum Gasteiger partial charge on any atom is 0.337 e. The monoisotopic (exact) mass is 334 g/mol. The van der Waals surface area contributed by atoms with Crippen molar-refractivity contribution >= 4 is 23.7 Å². The van der Waals surface area contributed by atoms with Gasteiger partial charge in [-0.3, -0.25) is 19.3 Å². The van der Waals surface area contributed by atoms with E-state index in [1.165, 1.54) is 13.0 Å². The van der Waals surface area contributed by atoms with Gasteiger partial charge in [0.2, 0.25) is 5.91 Å². The summed E-state index contributed by atoms with van der Waals surface area (Å²) in [6.07, 6.45) is 0. The van der Waals surface area contributed by atoms with Crippen LogP contribution >= 0.6 is 0 Å². The Hall–Kier alpha value is -2.74. The van der Waals surface area contributed by atoms with Gasteiger partial charge in [0, 0.05) is 0 Å². The van der Waals surface area contributed by atoms with Gasteiger partial charge in [0.05, 0.1) is 17.7 Å². The van der Waals surface area contributed by atoms with E-state index in [1.807, 2.05) is 0 Å². The van der Waals surface area contributed by atoms with Crippen LogP contribution in [-0.2, 0) is 9.59 Å². The van der Waals surface area contributed by atoms with Crippen LogP contribution in [0.1, 0.15) is 40.1 Å². The molecule has 1 aromatic rings. The smallest absolute Gasteiger partial charge is 0.337 e. The van der Waals surface area contributed by atoms with Crippen molar-refractivity contribution in [2.24, 2.45) is 0 Å². The zero-order valence-corrected chi connectivity index (χ0v) is 13.5. The van der Waals surface area contributed by atoms with Crippen molar-refractivity contribution in [3.8, 4) is 0 Å². The summed E-state index contributed by atoms with van der Waals surface area (Å²) in [6, 6.07) is 3.67. The number of fused-ring (bicyclic) bond motifs is 1. The minimum atomic E-state index is -2.14. The van der Waals surface area contributed by atoms with Gasteiger partial charge in [-0.15, -0.1) is 0 Å². The summed E-state index contributed by atoms with van der Waals surface area (Å²) in [7, 11) is 0. The van der Waals surface area contributed by atoms with E-state index in [1.54, 1.807) is 19.1 Å². The van der Waals surface area contributed by atoms with E-state index in [0.717, 1.165) is 17.4 Å². The molecule has 0 spiro atoms. The molecule has 0 fully saturated rings. The number of carbonyl (C=O) groups is 4. The molecule has 3 N–H and O–H groups in total. The Bertz CT molecular complexity index is 740. The number of aliphatic hydroxyl groups is 1. The summed E-state index contributed by atoms with van der Waals surface area (Å²) in [6.45, 7) is 3.63. The first kappa shape index (κ1) is 17.6. The molecule has 0 bridgehead atoms. The lowest BCUT2D eigenvalue weighted by Gasteiger charge is -2.24. The van der Waals surface area contributed by atoms with Gasteiger partial charge in [-0.05, 0) is 32.9 Å². The number of aryl methyl sites for hydroxylation is 1. The maximum atomic E-state index is 12.4. The number of aliphatic carboxylic acids is 1. The number of carbonyl (C=O) groups excluding carboxylic acids is 3. The second-order valence-electron chi connectivity index (χ2n) is 6.00. The molecule has 3 amide bonds. The van der Waals surface area contributed by atoms with E-state index >= 15 is 0 Å². The topological polar surface area (TPSA) is 124 Å². The number of carboxylic acid groups (broad SMARTS) is 1. The molecule has 0 saturated carbocycles. The summed E-state index contributed by atoms with van der Waals surface area (Å²) < 4.78 is 0. The molecule has 2 rings (SSSR count). The van der Waals surface area contributed by atoms with E-state index < -0.39 is 41.9 Å². The summed E-state index contributed by atoms with van der Waals surface area (Å²) in [5, 5.41) is 20.7. The fourth-order valence-electron chi connectivity index (χ4n) is 2.32. The Labute approximate surface area is 138 Å². The molecule has 1 aliphatic heterocycles. The normalized spacial score (nSPS) is 17.2. The Morgan fingerprint density at radius 1 is 1.25 bits per heavy atom. The molecule has 128 valence electrons. The summed E-state index contributed by atoms with van der Waals surface area (Å²) >= 11 is 0.